The van der Waals surface area contributed by atoms with Crippen LogP contribution in [0.2, 0.25) is 5.02 Å². The van der Waals surface area contributed by atoms with Gasteiger partial charge in [-0.2, -0.15) is 5.26 Å². The van der Waals surface area contributed by atoms with E-state index in [1.807, 2.05) is 0 Å². The quantitative estimate of drug-likeness (QED) is 0.520. The van der Waals surface area contributed by atoms with Gasteiger partial charge in [0.05, 0.1) is 21.8 Å². The second kappa shape index (κ2) is 8.25. The van der Waals surface area contributed by atoms with E-state index in [-0.39, 0.29) is 29.4 Å². The molecular weight excluding hydrogens is 396 g/mol. The standard InChI is InChI=1S/C17H19ClN2O6S/c1-25-10-11-8-12(27(23,24)14-5-3-2-4-13(14)18)9-17(11,15(20)21)16(22)26-7-6-19/h2-5,11-12H,7-10H2,1H3,(H2,20,21)/t11-,12+,17+/m0/s1. The second-order valence-electron chi connectivity index (χ2n) is 6.26. The normalized spacial score (nSPS) is 24.9. The van der Waals surface area contributed by atoms with E-state index in [9.17, 15) is 18.0 Å². The van der Waals surface area contributed by atoms with Crippen molar-refractivity contribution in [3.63, 3.8) is 0 Å². The van der Waals surface area contributed by atoms with Crippen molar-refractivity contribution in [3.05, 3.63) is 29.3 Å². The molecule has 1 amide bonds. The molecule has 10 heteroatoms. The summed E-state index contributed by atoms with van der Waals surface area (Å²) in [5.41, 5.74) is 3.60. The summed E-state index contributed by atoms with van der Waals surface area (Å²) in [5.74, 6) is -2.84. The number of carbonyl (C=O) groups is 2. The number of halogens is 1. The summed E-state index contributed by atoms with van der Waals surface area (Å²) in [6.45, 7) is -0.644. The molecule has 8 nitrogen and oxygen atoms in total. The fourth-order valence-electron chi connectivity index (χ4n) is 3.51. The predicted octanol–water partition coefficient (Wildman–Crippen LogP) is 1.08. The van der Waals surface area contributed by atoms with Crippen LogP contribution in [0.15, 0.2) is 29.2 Å². The number of primary amides is 1. The maximum absolute atomic E-state index is 13.1. The van der Waals surface area contributed by atoms with Crippen LogP contribution in [-0.4, -0.2) is 45.9 Å². The van der Waals surface area contributed by atoms with Crippen molar-refractivity contribution in [2.75, 3.05) is 20.3 Å². The smallest absolute Gasteiger partial charge is 0.323 e. The summed E-state index contributed by atoms with van der Waals surface area (Å²) in [4.78, 5) is 24.7. The molecular formula is C17H19ClN2O6S. The van der Waals surface area contributed by atoms with Crippen molar-refractivity contribution in [2.45, 2.75) is 23.0 Å². The van der Waals surface area contributed by atoms with Crippen molar-refractivity contribution in [3.8, 4) is 6.07 Å². The molecule has 0 bridgehead atoms. The number of carbonyl (C=O) groups excluding carboxylic acids is 2. The van der Waals surface area contributed by atoms with E-state index in [2.05, 4.69) is 0 Å². The van der Waals surface area contributed by atoms with Crippen LogP contribution in [0.25, 0.3) is 0 Å². The van der Waals surface area contributed by atoms with Gasteiger partial charge in [-0.3, -0.25) is 9.59 Å². The zero-order chi connectivity index (χ0) is 20.2. The molecule has 0 saturated heterocycles. The Hall–Kier alpha value is -2.15. The number of nitrogens with two attached hydrogens (primary N) is 1. The second-order valence-corrected chi connectivity index (χ2v) is 8.86. The third-order valence-electron chi connectivity index (χ3n) is 4.82. The van der Waals surface area contributed by atoms with Crippen LogP contribution < -0.4 is 5.73 Å². The van der Waals surface area contributed by atoms with E-state index in [1.54, 1.807) is 12.1 Å². The highest BCUT2D eigenvalue weighted by atomic mass is 35.5. The van der Waals surface area contributed by atoms with Gasteiger partial charge in [-0.15, -0.1) is 0 Å². The van der Waals surface area contributed by atoms with Gasteiger partial charge in [-0.1, -0.05) is 23.7 Å². The lowest BCUT2D eigenvalue weighted by atomic mass is 9.77. The molecule has 27 heavy (non-hydrogen) atoms. The van der Waals surface area contributed by atoms with Crippen LogP contribution in [-0.2, 0) is 28.9 Å². The highest BCUT2D eigenvalue weighted by molar-refractivity contribution is 7.92. The summed E-state index contributed by atoms with van der Waals surface area (Å²) in [7, 11) is -2.58. The number of hydrogen-bond acceptors (Lipinski definition) is 7. The van der Waals surface area contributed by atoms with Gasteiger partial charge >= 0.3 is 5.97 Å². The highest BCUT2D eigenvalue weighted by Gasteiger charge is 2.60. The molecule has 146 valence electrons. The summed E-state index contributed by atoms with van der Waals surface area (Å²) >= 11 is 6.03. The fraction of sp³-hybridized carbons (Fsp3) is 0.471. The zero-order valence-corrected chi connectivity index (χ0v) is 16.1. The Morgan fingerprint density at radius 3 is 2.63 bits per heavy atom. The first-order chi connectivity index (χ1) is 12.7. The summed E-state index contributed by atoms with van der Waals surface area (Å²) < 4.78 is 36.0. The fourth-order valence-corrected chi connectivity index (χ4v) is 5.90. The molecule has 0 heterocycles. The van der Waals surface area contributed by atoms with Crippen molar-refractivity contribution in [1.82, 2.24) is 0 Å². The first-order valence-corrected chi connectivity index (χ1v) is 9.95. The van der Waals surface area contributed by atoms with Crippen LogP contribution >= 0.6 is 11.6 Å². The topological polar surface area (TPSA) is 137 Å². The number of amides is 1. The minimum atomic E-state index is -3.95. The van der Waals surface area contributed by atoms with Gasteiger partial charge in [0, 0.05) is 13.0 Å². The van der Waals surface area contributed by atoms with Crippen molar-refractivity contribution in [2.24, 2.45) is 17.1 Å². The SMILES string of the molecule is COC[C@@H]1C[C@@H](S(=O)(=O)c2ccccc2Cl)C[C@@]1(C(N)=O)C(=O)OCC#N. The van der Waals surface area contributed by atoms with Crippen LogP contribution in [0.5, 0.6) is 0 Å². The largest absolute Gasteiger partial charge is 0.449 e. The van der Waals surface area contributed by atoms with Crippen molar-refractivity contribution >= 4 is 33.3 Å². The Bertz CT molecular complexity index is 882. The maximum Gasteiger partial charge on any atom is 0.323 e. The third kappa shape index (κ3) is 3.78. The van der Waals surface area contributed by atoms with Gasteiger partial charge < -0.3 is 15.2 Å². The molecule has 0 unspecified atom stereocenters. The van der Waals surface area contributed by atoms with Crippen LogP contribution in [0.4, 0.5) is 0 Å². The molecule has 2 rings (SSSR count). The highest BCUT2D eigenvalue weighted by Crippen LogP contribution is 2.48. The number of sulfone groups is 1. The number of nitrogens with zero attached hydrogens (tertiary/aromatic N) is 1. The number of benzene rings is 1. The van der Waals surface area contributed by atoms with E-state index in [4.69, 9.17) is 32.1 Å². The van der Waals surface area contributed by atoms with Crippen molar-refractivity contribution < 1.29 is 27.5 Å². The van der Waals surface area contributed by atoms with Gasteiger partial charge in [0.15, 0.2) is 21.9 Å². The molecule has 1 aromatic rings. The van der Waals surface area contributed by atoms with E-state index < -0.39 is 44.9 Å². The van der Waals surface area contributed by atoms with Crippen LogP contribution in [0.3, 0.4) is 0 Å². The summed E-state index contributed by atoms with van der Waals surface area (Å²) in [5, 5.41) is 7.59. The van der Waals surface area contributed by atoms with Gasteiger partial charge in [-0.25, -0.2) is 8.42 Å². The Kier molecular flexibility index (Phi) is 6.46. The zero-order valence-electron chi connectivity index (χ0n) is 14.6. The molecule has 1 aromatic carbocycles. The molecule has 2 N–H and O–H groups in total. The van der Waals surface area contributed by atoms with E-state index >= 15 is 0 Å². The number of ether oxygens (including phenoxy) is 2. The molecule has 1 aliphatic carbocycles. The number of hydrogen-bond donors (Lipinski definition) is 1. The molecule has 0 spiro atoms. The first-order valence-electron chi connectivity index (χ1n) is 8.03. The maximum atomic E-state index is 13.1. The lowest BCUT2D eigenvalue weighted by molar-refractivity contribution is -0.163. The minimum Gasteiger partial charge on any atom is -0.449 e. The van der Waals surface area contributed by atoms with Crippen LogP contribution in [0.1, 0.15) is 12.8 Å². The number of rotatable bonds is 7. The Morgan fingerprint density at radius 1 is 1.41 bits per heavy atom. The van der Waals surface area contributed by atoms with Gasteiger partial charge in [-0.05, 0) is 25.0 Å². The van der Waals surface area contributed by atoms with Crippen LogP contribution in [0, 0.1) is 22.7 Å². The molecule has 3 atom stereocenters. The van der Waals surface area contributed by atoms with E-state index in [1.165, 1.54) is 25.3 Å². The Morgan fingerprint density at radius 2 is 2.07 bits per heavy atom. The molecule has 0 aromatic heterocycles. The van der Waals surface area contributed by atoms with Gasteiger partial charge in [0.2, 0.25) is 5.91 Å². The molecule has 0 aliphatic heterocycles. The molecule has 1 fully saturated rings. The monoisotopic (exact) mass is 414 g/mol. The number of methoxy groups -OCH3 is 1. The minimum absolute atomic E-state index is 0.0357. The molecule has 1 aliphatic rings. The third-order valence-corrected chi connectivity index (χ3v) is 7.46. The Labute approximate surface area is 162 Å². The number of esters is 1. The molecule has 1 saturated carbocycles. The molecule has 0 radical (unpaired) electrons. The summed E-state index contributed by atoms with van der Waals surface area (Å²) in [6, 6.07) is 7.57. The number of nitriles is 1. The van der Waals surface area contributed by atoms with Crippen molar-refractivity contribution in [1.29, 1.82) is 5.26 Å². The lowest BCUT2D eigenvalue weighted by Crippen LogP contribution is -2.49. The Balaban J connectivity index is 2.49. The van der Waals surface area contributed by atoms with Gasteiger partial charge in [0.25, 0.3) is 0 Å². The average Bonchev–Trinajstić information content (AvgIpc) is 3.01. The lowest BCUT2D eigenvalue weighted by Gasteiger charge is -2.29. The van der Waals surface area contributed by atoms with E-state index in [0.29, 0.717) is 0 Å². The summed E-state index contributed by atoms with van der Waals surface area (Å²) in [6.07, 6.45) is -0.403. The van der Waals surface area contributed by atoms with Gasteiger partial charge in [0.1, 0.15) is 6.07 Å². The first kappa shape index (κ1) is 21.2. The predicted molar refractivity (Wildman–Crippen MR) is 95.2 cm³/mol. The average molecular weight is 415 g/mol. The van der Waals surface area contributed by atoms with E-state index in [0.717, 1.165) is 0 Å².